The number of benzene rings is 2. The van der Waals surface area contributed by atoms with Crippen molar-refractivity contribution in [2.45, 2.75) is 56.9 Å². The zero-order chi connectivity index (χ0) is 28.1. The Bertz CT molecular complexity index is 1410. The van der Waals surface area contributed by atoms with Crippen LogP contribution >= 0.6 is 0 Å². The number of carbonyl (C=O) groups is 1. The van der Waals surface area contributed by atoms with Gasteiger partial charge in [0, 0.05) is 29.6 Å². The van der Waals surface area contributed by atoms with Crippen molar-refractivity contribution in [1.29, 1.82) is 0 Å². The first-order chi connectivity index (χ1) is 19.1. The lowest BCUT2D eigenvalue weighted by Crippen LogP contribution is -2.49. The Morgan fingerprint density at radius 1 is 1.05 bits per heavy atom. The van der Waals surface area contributed by atoms with E-state index >= 15 is 0 Å². The van der Waals surface area contributed by atoms with Gasteiger partial charge in [-0.05, 0) is 66.9 Å². The van der Waals surface area contributed by atoms with Crippen molar-refractivity contribution in [3.63, 3.8) is 0 Å². The molecule has 12 heteroatoms. The van der Waals surface area contributed by atoms with E-state index < -0.39 is 29.6 Å². The van der Waals surface area contributed by atoms with E-state index in [1.165, 1.54) is 11.0 Å². The fourth-order valence-electron chi connectivity index (χ4n) is 5.98. The molecule has 0 radical (unpaired) electrons. The van der Waals surface area contributed by atoms with Gasteiger partial charge < -0.3 is 9.64 Å². The molecule has 2 aromatic carbocycles. The summed E-state index contributed by atoms with van der Waals surface area (Å²) in [6.45, 7) is -0.491. The summed E-state index contributed by atoms with van der Waals surface area (Å²) in [4.78, 5) is 17.0. The lowest BCUT2D eigenvalue weighted by molar-refractivity contribution is -0.138. The van der Waals surface area contributed by atoms with Crippen molar-refractivity contribution in [3.05, 3.63) is 76.4 Å². The van der Waals surface area contributed by atoms with E-state index in [9.17, 15) is 26.7 Å². The normalized spacial score (nSPS) is 19.2. The van der Waals surface area contributed by atoms with Crippen molar-refractivity contribution in [3.8, 4) is 0 Å². The van der Waals surface area contributed by atoms with Crippen molar-refractivity contribution < 1.29 is 31.5 Å². The monoisotopic (exact) mass is 561 g/mol. The van der Waals surface area contributed by atoms with Crippen LogP contribution in [-0.2, 0) is 35.8 Å². The second-order valence-electron chi connectivity index (χ2n) is 10.8. The zero-order valence-corrected chi connectivity index (χ0v) is 21.6. The number of hydrogen-bond donors (Lipinski definition) is 0. The molecule has 0 bridgehead atoms. The average molecular weight is 562 g/mol. The quantitative estimate of drug-likeness (QED) is 0.364. The third-order valence-electron chi connectivity index (χ3n) is 8.14. The van der Waals surface area contributed by atoms with Gasteiger partial charge in [-0.15, -0.1) is 10.2 Å². The molecule has 1 amide bonds. The molecular formula is C28H28F5N5O2. The smallest absolute Gasteiger partial charge is 0.379 e. The van der Waals surface area contributed by atoms with Gasteiger partial charge in [0.2, 0.25) is 0 Å². The second kappa shape index (κ2) is 10.2. The minimum absolute atomic E-state index is 0.0305. The summed E-state index contributed by atoms with van der Waals surface area (Å²) >= 11 is 0. The number of amides is 1. The van der Waals surface area contributed by atoms with Gasteiger partial charge in [0.1, 0.15) is 12.2 Å². The molecule has 0 atom stereocenters. The van der Waals surface area contributed by atoms with Crippen molar-refractivity contribution in [1.82, 2.24) is 19.7 Å². The molecule has 212 valence electrons. The van der Waals surface area contributed by atoms with E-state index in [1.54, 1.807) is 30.3 Å². The van der Waals surface area contributed by atoms with E-state index in [-0.39, 0.29) is 43.1 Å². The summed E-state index contributed by atoms with van der Waals surface area (Å²) in [5.41, 5.74) is 0.224. The molecule has 0 saturated carbocycles. The van der Waals surface area contributed by atoms with Gasteiger partial charge in [-0.3, -0.25) is 14.3 Å². The highest BCUT2D eigenvalue weighted by atomic mass is 19.4. The molecule has 0 aliphatic carbocycles. The maximum Gasteiger partial charge on any atom is 0.416 e. The van der Waals surface area contributed by atoms with E-state index in [2.05, 4.69) is 15.1 Å². The summed E-state index contributed by atoms with van der Waals surface area (Å²) in [5.74, 6) is -0.390. The van der Waals surface area contributed by atoms with Gasteiger partial charge in [-0.25, -0.2) is 0 Å². The van der Waals surface area contributed by atoms with E-state index in [0.717, 1.165) is 44.2 Å². The number of ether oxygens (including phenoxy) is 1. The van der Waals surface area contributed by atoms with Crippen molar-refractivity contribution in [2.75, 3.05) is 31.2 Å². The standard InChI is InChI=1S/C28H28F5N5O2/c29-26(30)38-17-34-35-24(38)12-27(15-40-16-27)19-5-4-6-20(11-19)37-14-22-21(25(37)39)9-18(10-23(22)28(31,32)33)13-36-7-2-1-3-8-36/h4-6,9-11,17,26H,1-3,7-8,12-16H2. The molecule has 4 heterocycles. The molecule has 0 spiro atoms. The van der Waals surface area contributed by atoms with Gasteiger partial charge >= 0.3 is 12.7 Å². The predicted molar refractivity (Wildman–Crippen MR) is 135 cm³/mol. The van der Waals surface area contributed by atoms with Gasteiger partial charge in [0.25, 0.3) is 5.91 Å². The Labute approximate surface area is 227 Å². The molecule has 0 unspecified atom stereocenters. The lowest BCUT2D eigenvalue weighted by atomic mass is 9.75. The Hall–Kier alpha value is -3.38. The molecule has 40 heavy (non-hydrogen) atoms. The van der Waals surface area contributed by atoms with Crippen LogP contribution in [-0.4, -0.2) is 51.9 Å². The highest BCUT2D eigenvalue weighted by molar-refractivity contribution is 6.10. The topological polar surface area (TPSA) is 63.5 Å². The Balaban J connectivity index is 1.31. The Morgan fingerprint density at radius 3 is 2.50 bits per heavy atom. The Morgan fingerprint density at radius 2 is 1.82 bits per heavy atom. The van der Waals surface area contributed by atoms with E-state index in [4.69, 9.17) is 4.74 Å². The molecule has 1 aromatic heterocycles. The van der Waals surface area contributed by atoms with Crippen molar-refractivity contribution in [2.24, 2.45) is 0 Å². The third kappa shape index (κ3) is 4.87. The van der Waals surface area contributed by atoms with Crippen LogP contribution in [0.25, 0.3) is 0 Å². The number of rotatable bonds is 7. The summed E-state index contributed by atoms with van der Waals surface area (Å²) in [6.07, 6.45) is -0.371. The number of carbonyl (C=O) groups excluding carboxylic acids is 1. The zero-order valence-electron chi connectivity index (χ0n) is 21.6. The molecule has 0 N–H and O–H groups in total. The van der Waals surface area contributed by atoms with Crippen LogP contribution < -0.4 is 4.90 Å². The predicted octanol–water partition coefficient (Wildman–Crippen LogP) is 5.35. The van der Waals surface area contributed by atoms with Crippen LogP contribution in [0.3, 0.4) is 0 Å². The van der Waals surface area contributed by atoms with Crippen LogP contribution in [0, 0.1) is 0 Å². The highest BCUT2D eigenvalue weighted by Gasteiger charge is 2.44. The third-order valence-corrected chi connectivity index (χ3v) is 8.14. The fraction of sp³-hybridized carbons (Fsp3) is 0.464. The number of alkyl halides is 5. The molecule has 2 saturated heterocycles. The van der Waals surface area contributed by atoms with Crippen LogP contribution in [0.1, 0.15) is 64.2 Å². The highest BCUT2D eigenvalue weighted by Crippen LogP contribution is 2.42. The number of hydrogen-bond acceptors (Lipinski definition) is 5. The number of aromatic nitrogens is 3. The molecule has 6 rings (SSSR count). The number of piperidine rings is 1. The minimum atomic E-state index is -4.60. The van der Waals surface area contributed by atoms with Crippen molar-refractivity contribution >= 4 is 11.6 Å². The summed E-state index contributed by atoms with van der Waals surface area (Å²) in [5, 5.41) is 7.46. The number of nitrogens with zero attached hydrogens (tertiary/aromatic N) is 5. The van der Waals surface area contributed by atoms with Gasteiger partial charge in [0.15, 0.2) is 0 Å². The second-order valence-corrected chi connectivity index (χ2v) is 10.8. The Kier molecular flexibility index (Phi) is 6.86. The van der Waals surface area contributed by atoms with E-state index in [0.29, 0.717) is 22.4 Å². The number of anilines is 1. The van der Waals surface area contributed by atoms with Crippen LogP contribution in [0.2, 0.25) is 0 Å². The molecule has 3 aliphatic heterocycles. The lowest BCUT2D eigenvalue weighted by Gasteiger charge is -2.42. The first-order valence-corrected chi connectivity index (χ1v) is 13.3. The molecule has 7 nitrogen and oxygen atoms in total. The average Bonchev–Trinajstić information content (AvgIpc) is 3.50. The number of fused-ring (bicyclic) bond motifs is 1. The van der Waals surface area contributed by atoms with Crippen LogP contribution in [0.5, 0.6) is 0 Å². The van der Waals surface area contributed by atoms with Gasteiger partial charge in [-0.1, -0.05) is 18.6 Å². The summed E-state index contributed by atoms with van der Waals surface area (Å²) in [6, 6.07) is 9.71. The summed E-state index contributed by atoms with van der Waals surface area (Å²) in [7, 11) is 0. The molecule has 3 aromatic rings. The van der Waals surface area contributed by atoms with Crippen LogP contribution in [0.15, 0.2) is 42.7 Å². The van der Waals surface area contributed by atoms with E-state index in [1.807, 2.05) is 0 Å². The maximum atomic E-state index is 14.2. The molecular weight excluding hydrogens is 533 g/mol. The maximum absolute atomic E-state index is 14.2. The first kappa shape index (κ1) is 26.8. The first-order valence-electron chi connectivity index (χ1n) is 13.3. The number of likely N-dealkylation sites (tertiary alicyclic amines) is 1. The largest absolute Gasteiger partial charge is 0.416 e. The fourth-order valence-corrected chi connectivity index (χ4v) is 5.98. The molecule has 2 fully saturated rings. The SMILES string of the molecule is O=C1c2cc(CN3CCCCC3)cc(C(F)(F)F)c2CN1c1cccc(C2(Cc3nncn3C(F)F)COC2)c1. The van der Waals surface area contributed by atoms with Gasteiger partial charge in [0.05, 0.1) is 25.3 Å². The molecule has 3 aliphatic rings. The summed E-state index contributed by atoms with van der Waals surface area (Å²) < 4.78 is 75.5. The van der Waals surface area contributed by atoms with Crippen LogP contribution in [0.4, 0.5) is 27.6 Å². The van der Waals surface area contributed by atoms with Gasteiger partial charge in [-0.2, -0.15) is 22.0 Å². The minimum Gasteiger partial charge on any atom is -0.379 e. The number of halogens is 5.